The van der Waals surface area contributed by atoms with Gasteiger partial charge in [-0.2, -0.15) is 0 Å². The third-order valence-corrected chi connectivity index (χ3v) is 6.30. The van der Waals surface area contributed by atoms with Crippen molar-refractivity contribution in [2.45, 2.75) is 26.8 Å². The minimum absolute atomic E-state index is 0.168. The number of carbonyl (C=O) groups excluding carboxylic acids is 3. The fourth-order valence-corrected chi connectivity index (χ4v) is 4.68. The van der Waals surface area contributed by atoms with Gasteiger partial charge >= 0.3 is 18.0 Å². The topological polar surface area (TPSA) is 107 Å². The maximum absolute atomic E-state index is 13.0. The summed E-state index contributed by atoms with van der Waals surface area (Å²) in [5.74, 6) is -1.17. The molecule has 1 atom stereocenters. The van der Waals surface area contributed by atoms with Crippen LogP contribution in [0.1, 0.15) is 39.5 Å². The predicted molar refractivity (Wildman–Crippen MR) is 124 cm³/mol. The Bertz CT molecular complexity index is 1270. The second-order valence-electron chi connectivity index (χ2n) is 7.45. The van der Waals surface area contributed by atoms with Gasteiger partial charge in [0.25, 0.3) is 0 Å². The molecule has 170 valence electrons. The Labute approximate surface area is 194 Å². The first-order valence-electron chi connectivity index (χ1n) is 10.4. The number of carbonyl (C=O) groups is 3. The van der Waals surface area contributed by atoms with Crippen molar-refractivity contribution >= 4 is 40.2 Å². The molecule has 0 bridgehead atoms. The second kappa shape index (κ2) is 9.41. The number of thiophene rings is 1. The molecular formula is C24H23N3O5S. The van der Waals surface area contributed by atoms with Gasteiger partial charge in [-0.3, -0.25) is 4.98 Å². The molecule has 0 radical (unpaired) electrons. The number of nitrogens with zero attached hydrogens (tertiary/aromatic N) is 1. The Morgan fingerprint density at radius 1 is 1.09 bits per heavy atom. The fraction of sp³-hybridized carbons (Fsp3) is 0.250. The predicted octanol–water partition coefficient (Wildman–Crippen LogP) is 3.94. The smallest absolute Gasteiger partial charge is 0.340 e. The normalized spacial score (nSPS) is 15.7. The van der Waals surface area contributed by atoms with Crippen LogP contribution in [0.3, 0.4) is 0 Å². The number of nitrogens with one attached hydrogen (secondary N) is 2. The SMILES string of the molecule is CCOC(=O)C1=C(COC(=O)c2c(C)nc3ccccc3c2C)NC(=O)NC1c1cccs1. The molecule has 1 aliphatic heterocycles. The van der Waals surface area contributed by atoms with E-state index in [1.54, 1.807) is 13.8 Å². The van der Waals surface area contributed by atoms with Gasteiger partial charge in [0.15, 0.2) is 0 Å². The molecule has 0 saturated carbocycles. The van der Waals surface area contributed by atoms with Crippen LogP contribution in [0.4, 0.5) is 4.79 Å². The first-order valence-corrected chi connectivity index (χ1v) is 11.3. The molecule has 3 aromatic rings. The largest absolute Gasteiger partial charge is 0.463 e. The van der Waals surface area contributed by atoms with Crippen LogP contribution in [-0.2, 0) is 14.3 Å². The van der Waals surface area contributed by atoms with Crippen LogP contribution >= 0.6 is 11.3 Å². The number of hydrogen-bond donors (Lipinski definition) is 2. The molecule has 2 N–H and O–H groups in total. The summed E-state index contributed by atoms with van der Waals surface area (Å²) in [5.41, 5.74) is 2.85. The standard InChI is InChI=1S/C24H23N3O5S/c1-4-31-23(29)20-17(26-24(30)27-21(20)18-10-7-11-33-18)12-32-22(28)19-13(2)15-8-5-6-9-16(15)25-14(19)3/h5-11,21H,4,12H2,1-3H3,(H2,26,27,30). The Balaban J connectivity index is 1.67. The summed E-state index contributed by atoms with van der Waals surface area (Å²) in [4.78, 5) is 43.4. The summed E-state index contributed by atoms with van der Waals surface area (Å²) in [6, 6.07) is 10.0. The minimum atomic E-state index is -0.697. The van der Waals surface area contributed by atoms with Crippen LogP contribution in [-0.4, -0.2) is 36.2 Å². The van der Waals surface area contributed by atoms with Gasteiger partial charge in [-0.05, 0) is 43.8 Å². The average molecular weight is 466 g/mol. The molecule has 33 heavy (non-hydrogen) atoms. The molecule has 3 heterocycles. The van der Waals surface area contributed by atoms with E-state index in [-0.39, 0.29) is 24.5 Å². The van der Waals surface area contributed by atoms with E-state index < -0.39 is 24.0 Å². The van der Waals surface area contributed by atoms with Gasteiger partial charge in [-0.25, -0.2) is 14.4 Å². The van der Waals surface area contributed by atoms with Gasteiger partial charge in [-0.1, -0.05) is 24.3 Å². The third kappa shape index (κ3) is 4.45. The highest BCUT2D eigenvalue weighted by Crippen LogP contribution is 2.31. The van der Waals surface area contributed by atoms with Crippen LogP contribution in [0.15, 0.2) is 53.0 Å². The lowest BCUT2D eigenvalue weighted by atomic mass is 10.0. The number of ether oxygens (including phenoxy) is 2. The fourth-order valence-electron chi connectivity index (χ4n) is 3.89. The number of aromatic nitrogens is 1. The maximum atomic E-state index is 13.0. The van der Waals surface area contributed by atoms with Gasteiger partial charge < -0.3 is 20.1 Å². The van der Waals surface area contributed by atoms with Crippen LogP contribution in [0.2, 0.25) is 0 Å². The molecular weight excluding hydrogens is 442 g/mol. The average Bonchev–Trinajstić information content (AvgIpc) is 3.32. The van der Waals surface area contributed by atoms with E-state index in [0.29, 0.717) is 11.3 Å². The van der Waals surface area contributed by atoms with Crippen molar-refractivity contribution in [2.75, 3.05) is 13.2 Å². The molecule has 1 aliphatic rings. The number of benzene rings is 1. The zero-order valence-corrected chi connectivity index (χ0v) is 19.2. The summed E-state index contributed by atoms with van der Waals surface area (Å²) in [6.45, 7) is 5.16. The van der Waals surface area contributed by atoms with E-state index in [1.807, 2.05) is 48.7 Å². The number of para-hydroxylation sites is 1. The number of hydrogen-bond acceptors (Lipinski definition) is 7. The van der Waals surface area contributed by atoms with E-state index in [4.69, 9.17) is 9.47 Å². The number of esters is 2. The van der Waals surface area contributed by atoms with Gasteiger partial charge in [-0.15, -0.1) is 11.3 Å². The molecule has 4 rings (SSSR count). The highest BCUT2D eigenvalue weighted by atomic mass is 32.1. The lowest BCUT2D eigenvalue weighted by Gasteiger charge is -2.28. The minimum Gasteiger partial charge on any atom is -0.463 e. The molecule has 1 aromatic carbocycles. The number of urea groups is 1. The molecule has 1 unspecified atom stereocenters. The Kier molecular flexibility index (Phi) is 6.41. The number of pyridine rings is 1. The molecule has 0 saturated heterocycles. The number of rotatable bonds is 6. The van der Waals surface area contributed by atoms with Crippen molar-refractivity contribution in [2.24, 2.45) is 0 Å². The Morgan fingerprint density at radius 2 is 1.88 bits per heavy atom. The van der Waals surface area contributed by atoms with Crippen molar-refractivity contribution in [1.82, 2.24) is 15.6 Å². The molecule has 9 heteroatoms. The number of aryl methyl sites for hydroxylation is 2. The Morgan fingerprint density at radius 3 is 2.61 bits per heavy atom. The molecule has 2 amide bonds. The van der Waals surface area contributed by atoms with E-state index >= 15 is 0 Å². The van der Waals surface area contributed by atoms with E-state index in [9.17, 15) is 14.4 Å². The lowest BCUT2D eigenvalue weighted by molar-refractivity contribution is -0.139. The van der Waals surface area contributed by atoms with Gasteiger partial charge in [0, 0.05) is 10.3 Å². The lowest BCUT2D eigenvalue weighted by Crippen LogP contribution is -2.47. The summed E-state index contributed by atoms with van der Waals surface area (Å²) in [7, 11) is 0. The highest BCUT2D eigenvalue weighted by molar-refractivity contribution is 7.10. The molecule has 0 fully saturated rings. The molecule has 0 aliphatic carbocycles. The molecule has 2 aromatic heterocycles. The quantitative estimate of drug-likeness (QED) is 0.534. The van der Waals surface area contributed by atoms with Crippen LogP contribution in [0.25, 0.3) is 10.9 Å². The molecule has 0 spiro atoms. The Hall–Kier alpha value is -3.72. The summed E-state index contributed by atoms with van der Waals surface area (Å²) >= 11 is 1.40. The number of fused-ring (bicyclic) bond motifs is 1. The van der Waals surface area contributed by atoms with Gasteiger partial charge in [0.2, 0.25) is 0 Å². The molecule has 8 nitrogen and oxygen atoms in total. The second-order valence-corrected chi connectivity index (χ2v) is 8.43. The zero-order valence-electron chi connectivity index (χ0n) is 18.4. The van der Waals surface area contributed by atoms with Crippen molar-refractivity contribution < 1.29 is 23.9 Å². The van der Waals surface area contributed by atoms with Gasteiger partial charge in [0.1, 0.15) is 6.61 Å². The first kappa shape index (κ1) is 22.5. The van der Waals surface area contributed by atoms with Crippen LogP contribution in [0, 0.1) is 13.8 Å². The van der Waals surface area contributed by atoms with Crippen LogP contribution < -0.4 is 10.6 Å². The maximum Gasteiger partial charge on any atom is 0.340 e. The number of amides is 2. The highest BCUT2D eigenvalue weighted by Gasteiger charge is 2.35. The summed E-state index contributed by atoms with van der Waals surface area (Å²) in [5, 5.41) is 8.06. The van der Waals surface area contributed by atoms with Gasteiger partial charge in [0.05, 0.1) is 40.7 Å². The van der Waals surface area contributed by atoms with E-state index in [0.717, 1.165) is 21.3 Å². The first-order chi connectivity index (χ1) is 15.9. The van der Waals surface area contributed by atoms with E-state index in [1.165, 1.54) is 11.3 Å². The monoisotopic (exact) mass is 465 g/mol. The van der Waals surface area contributed by atoms with E-state index in [2.05, 4.69) is 15.6 Å². The van der Waals surface area contributed by atoms with Crippen LogP contribution in [0.5, 0.6) is 0 Å². The van der Waals surface area contributed by atoms with Crippen molar-refractivity contribution in [1.29, 1.82) is 0 Å². The van der Waals surface area contributed by atoms with Crippen molar-refractivity contribution in [3.05, 3.63) is 74.7 Å². The van der Waals surface area contributed by atoms with Crippen molar-refractivity contribution in [3.63, 3.8) is 0 Å². The third-order valence-electron chi connectivity index (χ3n) is 5.36. The van der Waals surface area contributed by atoms with Crippen molar-refractivity contribution in [3.8, 4) is 0 Å². The summed E-state index contributed by atoms with van der Waals surface area (Å²) < 4.78 is 10.8. The summed E-state index contributed by atoms with van der Waals surface area (Å²) in [6.07, 6.45) is 0. The zero-order chi connectivity index (χ0) is 23.5.